The van der Waals surface area contributed by atoms with E-state index in [1.165, 1.54) is 57.7 Å². The number of ether oxygens (including phenoxy) is 1. The first-order valence-corrected chi connectivity index (χ1v) is 13.5. The molecule has 3 aliphatic rings. The van der Waals surface area contributed by atoms with Crippen LogP contribution in [0, 0.1) is 5.82 Å². The van der Waals surface area contributed by atoms with Crippen molar-refractivity contribution in [1.82, 2.24) is 9.21 Å². The van der Waals surface area contributed by atoms with Crippen LogP contribution in [0.5, 0.6) is 0 Å². The summed E-state index contributed by atoms with van der Waals surface area (Å²) < 4.78 is 46.4. The van der Waals surface area contributed by atoms with E-state index in [4.69, 9.17) is 4.74 Å². The van der Waals surface area contributed by atoms with Crippen LogP contribution in [0.2, 0.25) is 0 Å². The minimum Gasteiger partial charge on any atom is -0.507 e. The number of amides is 1. The lowest BCUT2D eigenvalue weighted by atomic mass is 9.95. The van der Waals surface area contributed by atoms with Gasteiger partial charge in [-0.15, -0.1) is 0 Å². The standard InChI is InChI=1S/C26H27FN2O6S/c27-19-9-5-17(6-10-19)23-22(25(31)26(32)29(23)16-20-4-3-15-35-20)24(30)18-7-11-21(12-8-18)36(33,34)28-13-1-2-14-28/h5-12,20,23,30H,1-4,13-16H2/t20-,23-/m1/s1. The second-order valence-corrected chi connectivity index (χ2v) is 11.2. The monoisotopic (exact) mass is 514 g/mol. The third-order valence-electron chi connectivity index (χ3n) is 6.98. The van der Waals surface area contributed by atoms with Crippen molar-refractivity contribution in [3.63, 3.8) is 0 Å². The first-order valence-electron chi connectivity index (χ1n) is 12.0. The minimum atomic E-state index is -3.64. The van der Waals surface area contributed by atoms with Crippen molar-refractivity contribution in [1.29, 1.82) is 0 Å². The molecule has 0 aliphatic carbocycles. The molecule has 5 rings (SSSR count). The van der Waals surface area contributed by atoms with Crippen LogP contribution in [0.4, 0.5) is 4.39 Å². The maximum absolute atomic E-state index is 13.6. The Morgan fingerprint density at radius 3 is 2.28 bits per heavy atom. The van der Waals surface area contributed by atoms with Gasteiger partial charge in [-0.1, -0.05) is 12.1 Å². The number of nitrogens with zero attached hydrogens (tertiary/aromatic N) is 2. The van der Waals surface area contributed by atoms with Crippen LogP contribution < -0.4 is 0 Å². The lowest BCUT2D eigenvalue weighted by Crippen LogP contribution is -2.36. The van der Waals surface area contributed by atoms with Crippen molar-refractivity contribution in [2.24, 2.45) is 0 Å². The predicted molar refractivity (Wildman–Crippen MR) is 129 cm³/mol. The lowest BCUT2D eigenvalue weighted by molar-refractivity contribution is -0.140. The number of benzene rings is 2. The molecule has 3 aliphatic heterocycles. The van der Waals surface area contributed by atoms with E-state index in [1.807, 2.05) is 0 Å². The van der Waals surface area contributed by atoms with Crippen LogP contribution in [0.1, 0.15) is 42.9 Å². The number of sulfonamides is 1. The third kappa shape index (κ3) is 4.44. The summed E-state index contributed by atoms with van der Waals surface area (Å²) in [4.78, 5) is 27.6. The van der Waals surface area contributed by atoms with Gasteiger partial charge in [0.15, 0.2) is 0 Å². The Morgan fingerprint density at radius 1 is 1.00 bits per heavy atom. The molecular weight excluding hydrogens is 487 g/mol. The molecular formula is C26H27FN2O6S. The molecule has 2 atom stereocenters. The molecule has 8 nitrogen and oxygen atoms in total. The van der Waals surface area contributed by atoms with Gasteiger partial charge in [-0.2, -0.15) is 4.31 Å². The Morgan fingerprint density at radius 2 is 1.67 bits per heavy atom. The minimum absolute atomic E-state index is 0.0925. The Labute approximate surface area is 209 Å². The van der Waals surface area contributed by atoms with Crippen LogP contribution in [0.25, 0.3) is 5.76 Å². The van der Waals surface area contributed by atoms with E-state index >= 15 is 0 Å². The summed E-state index contributed by atoms with van der Waals surface area (Å²) >= 11 is 0. The molecule has 36 heavy (non-hydrogen) atoms. The van der Waals surface area contributed by atoms with E-state index in [0.717, 1.165) is 25.7 Å². The average molecular weight is 515 g/mol. The lowest BCUT2D eigenvalue weighted by Gasteiger charge is -2.27. The first-order chi connectivity index (χ1) is 17.3. The molecule has 0 radical (unpaired) electrons. The maximum Gasteiger partial charge on any atom is 0.295 e. The van der Waals surface area contributed by atoms with Gasteiger partial charge in [0.25, 0.3) is 11.7 Å². The molecule has 2 aromatic carbocycles. The zero-order valence-electron chi connectivity index (χ0n) is 19.6. The van der Waals surface area contributed by atoms with Crippen molar-refractivity contribution < 1.29 is 32.2 Å². The molecule has 0 aromatic heterocycles. The van der Waals surface area contributed by atoms with Gasteiger partial charge in [-0.3, -0.25) is 9.59 Å². The number of hydrogen-bond acceptors (Lipinski definition) is 6. The summed E-state index contributed by atoms with van der Waals surface area (Å²) in [7, 11) is -3.64. The highest BCUT2D eigenvalue weighted by molar-refractivity contribution is 7.89. The summed E-state index contributed by atoms with van der Waals surface area (Å²) in [6.45, 7) is 1.67. The molecule has 1 amide bonds. The zero-order chi connectivity index (χ0) is 25.4. The second kappa shape index (κ2) is 9.76. The van der Waals surface area contributed by atoms with Crippen LogP contribution in [-0.4, -0.2) is 66.8 Å². The van der Waals surface area contributed by atoms with E-state index in [2.05, 4.69) is 0 Å². The van der Waals surface area contributed by atoms with Gasteiger partial charge in [0.05, 0.1) is 22.6 Å². The Balaban J connectivity index is 1.53. The molecule has 10 heteroatoms. The molecule has 2 aromatic rings. The summed E-state index contributed by atoms with van der Waals surface area (Å²) in [6.07, 6.45) is 2.98. The highest BCUT2D eigenvalue weighted by Gasteiger charge is 2.47. The van der Waals surface area contributed by atoms with Crippen molar-refractivity contribution in [2.75, 3.05) is 26.2 Å². The van der Waals surface area contributed by atoms with Crippen molar-refractivity contribution >= 4 is 27.5 Å². The highest BCUT2D eigenvalue weighted by atomic mass is 32.2. The molecule has 3 heterocycles. The number of aliphatic hydroxyl groups is 1. The number of likely N-dealkylation sites (tertiary alicyclic amines) is 1. The normalized spacial score (nSPS) is 24.6. The number of aliphatic hydroxyl groups excluding tert-OH is 1. The summed E-state index contributed by atoms with van der Waals surface area (Å²) in [5.41, 5.74) is 0.556. The van der Waals surface area contributed by atoms with Gasteiger partial charge in [0.1, 0.15) is 11.6 Å². The molecule has 0 spiro atoms. The second-order valence-electron chi connectivity index (χ2n) is 9.27. The van der Waals surface area contributed by atoms with Crippen LogP contribution in [-0.2, 0) is 24.3 Å². The van der Waals surface area contributed by atoms with Gasteiger partial charge in [0, 0.05) is 31.8 Å². The third-order valence-corrected chi connectivity index (χ3v) is 8.89. The predicted octanol–water partition coefficient (Wildman–Crippen LogP) is 3.21. The van der Waals surface area contributed by atoms with E-state index in [1.54, 1.807) is 0 Å². The molecule has 1 N–H and O–H groups in total. The smallest absolute Gasteiger partial charge is 0.295 e. The highest BCUT2D eigenvalue weighted by Crippen LogP contribution is 2.40. The van der Waals surface area contributed by atoms with E-state index in [9.17, 15) is 27.5 Å². The van der Waals surface area contributed by atoms with Crippen molar-refractivity contribution in [3.05, 3.63) is 71.0 Å². The number of Topliss-reactive ketones (excluding diaryl/α,β-unsaturated/α-hetero) is 1. The average Bonchev–Trinajstić information content (AvgIpc) is 3.64. The number of rotatable bonds is 6. The summed E-state index contributed by atoms with van der Waals surface area (Å²) in [6, 6.07) is 10.1. The molecule has 190 valence electrons. The fourth-order valence-electron chi connectivity index (χ4n) is 5.09. The number of hydrogen-bond donors (Lipinski definition) is 1. The number of carbonyl (C=O) groups is 2. The van der Waals surface area contributed by atoms with Gasteiger partial charge in [-0.25, -0.2) is 12.8 Å². The van der Waals surface area contributed by atoms with Crippen LogP contribution in [0.3, 0.4) is 0 Å². The van der Waals surface area contributed by atoms with Gasteiger partial charge in [-0.05, 0) is 67.6 Å². The van der Waals surface area contributed by atoms with Gasteiger partial charge < -0.3 is 14.7 Å². The van der Waals surface area contributed by atoms with Crippen molar-refractivity contribution in [2.45, 2.75) is 42.7 Å². The van der Waals surface area contributed by atoms with Crippen molar-refractivity contribution in [3.8, 4) is 0 Å². The number of halogens is 1. The maximum atomic E-state index is 13.6. The summed E-state index contributed by atoms with van der Waals surface area (Å²) in [5, 5.41) is 11.2. The summed E-state index contributed by atoms with van der Waals surface area (Å²) in [5.74, 6) is -2.50. The zero-order valence-corrected chi connectivity index (χ0v) is 20.4. The Kier molecular flexibility index (Phi) is 6.67. The van der Waals surface area contributed by atoms with Gasteiger partial charge in [0.2, 0.25) is 10.0 Å². The quantitative estimate of drug-likeness (QED) is 0.361. The Hall–Kier alpha value is -3.08. The topological polar surface area (TPSA) is 104 Å². The van der Waals surface area contributed by atoms with E-state index in [0.29, 0.717) is 25.3 Å². The number of ketones is 1. The fraction of sp³-hybridized carbons (Fsp3) is 0.385. The first kappa shape index (κ1) is 24.6. The SMILES string of the molecule is O=C1C(=O)N(C[C@H]2CCCO2)[C@H](c2ccc(F)cc2)C1=C(O)c1ccc(S(=O)(=O)N2CCCC2)cc1. The molecule has 3 saturated heterocycles. The molecule has 0 bridgehead atoms. The van der Waals surface area contributed by atoms with Crippen LogP contribution in [0.15, 0.2) is 59.0 Å². The van der Waals surface area contributed by atoms with Crippen LogP contribution >= 0.6 is 0 Å². The van der Waals surface area contributed by atoms with Gasteiger partial charge >= 0.3 is 0 Å². The Bertz CT molecular complexity index is 1290. The number of carbonyl (C=O) groups excluding carboxylic acids is 2. The van der Waals surface area contributed by atoms with E-state index in [-0.39, 0.29) is 28.7 Å². The van der Waals surface area contributed by atoms with E-state index < -0.39 is 39.3 Å². The molecule has 0 unspecified atom stereocenters. The fourth-order valence-corrected chi connectivity index (χ4v) is 6.60. The molecule has 0 saturated carbocycles. The largest absolute Gasteiger partial charge is 0.507 e. The molecule has 3 fully saturated rings.